The van der Waals surface area contributed by atoms with Gasteiger partial charge in [-0.05, 0) is 30.9 Å². The average Bonchev–Trinajstić information content (AvgIpc) is 3.45. The first-order valence-corrected chi connectivity index (χ1v) is 11.3. The highest BCUT2D eigenvalue weighted by Gasteiger charge is 2.34. The minimum absolute atomic E-state index is 0.0161. The Morgan fingerprint density at radius 1 is 1.15 bits per heavy atom. The normalized spacial score (nSPS) is 17.4. The maximum Gasteiger partial charge on any atom is 0.407 e. The number of hydrogen-bond donors (Lipinski definition) is 1. The molecule has 138 valence electrons. The number of benzene rings is 2. The molecule has 3 rings (SSSR count). The van der Waals surface area contributed by atoms with Gasteiger partial charge in [0.2, 0.25) is 0 Å². The highest BCUT2D eigenvalue weighted by molar-refractivity contribution is 7.70. The van der Waals surface area contributed by atoms with Gasteiger partial charge in [0.05, 0.1) is 12.6 Å². The van der Waals surface area contributed by atoms with Crippen molar-refractivity contribution in [2.24, 2.45) is 0 Å². The van der Waals surface area contributed by atoms with Gasteiger partial charge >= 0.3 is 6.09 Å². The lowest BCUT2D eigenvalue weighted by Crippen LogP contribution is -2.40. The molecule has 1 aliphatic heterocycles. The van der Waals surface area contributed by atoms with Crippen LogP contribution in [0, 0.1) is 0 Å². The van der Waals surface area contributed by atoms with Crippen LogP contribution < -0.4 is 10.6 Å². The zero-order valence-corrected chi connectivity index (χ0v) is 15.9. The minimum Gasteiger partial charge on any atom is -0.445 e. The minimum atomic E-state index is -2.25. The summed E-state index contributed by atoms with van der Waals surface area (Å²) < 4.78 is 22.8. The largest absolute Gasteiger partial charge is 0.445 e. The molecule has 0 unspecified atom stereocenters. The van der Waals surface area contributed by atoms with Crippen LogP contribution in [-0.2, 0) is 27.1 Å². The van der Waals surface area contributed by atoms with Crippen LogP contribution in [0.15, 0.2) is 54.6 Å². The van der Waals surface area contributed by atoms with Crippen LogP contribution in [0.4, 0.5) is 4.79 Å². The van der Waals surface area contributed by atoms with Crippen LogP contribution in [0.25, 0.3) is 0 Å². The van der Waals surface area contributed by atoms with Crippen LogP contribution in [0.2, 0.25) is 0 Å². The summed E-state index contributed by atoms with van der Waals surface area (Å²) in [5, 5.41) is 3.76. The smallest absolute Gasteiger partial charge is 0.407 e. The number of epoxide rings is 1. The van der Waals surface area contributed by atoms with Crippen molar-refractivity contribution >= 4 is 18.5 Å². The first-order valence-electron chi connectivity index (χ1n) is 8.65. The lowest BCUT2D eigenvalue weighted by molar-refractivity contribution is 0.133. The predicted octanol–water partition coefficient (Wildman–Crippen LogP) is 3.17. The Hall–Kier alpha value is -2.10. The molecule has 0 aliphatic carbocycles. The summed E-state index contributed by atoms with van der Waals surface area (Å²) in [7, 11) is -2.25. The Morgan fingerprint density at radius 3 is 2.38 bits per heavy atom. The number of nitrogens with one attached hydrogen (secondary N) is 1. The Labute approximate surface area is 154 Å². The zero-order chi connectivity index (χ0) is 18.6. The number of carbonyl (C=O) groups excluding carboxylic acids is 1. The number of ether oxygens (including phenoxy) is 2. The van der Waals surface area contributed by atoms with Gasteiger partial charge in [-0.1, -0.05) is 54.6 Å². The first-order chi connectivity index (χ1) is 12.4. The molecule has 2 aromatic rings. The Kier molecular flexibility index (Phi) is 5.80. The fourth-order valence-corrected chi connectivity index (χ4v) is 3.59. The second-order valence-corrected chi connectivity index (χ2v) is 10.1. The van der Waals surface area contributed by atoms with Gasteiger partial charge < -0.3 is 19.4 Å². The van der Waals surface area contributed by atoms with E-state index in [4.69, 9.17) is 9.47 Å². The molecule has 26 heavy (non-hydrogen) atoms. The van der Waals surface area contributed by atoms with Crippen LogP contribution in [-0.4, -0.2) is 38.2 Å². The van der Waals surface area contributed by atoms with Gasteiger partial charge in [0.1, 0.15) is 19.9 Å². The Bertz CT molecular complexity index is 781. The molecule has 1 N–H and O–H groups in total. The number of amides is 1. The third-order valence-electron chi connectivity index (χ3n) is 4.34. The molecule has 1 fully saturated rings. The molecule has 1 heterocycles. The summed E-state index contributed by atoms with van der Waals surface area (Å²) in [6.45, 7) is 4.39. The maximum atomic E-state index is 12.1. The molecule has 0 saturated carbocycles. The second kappa shape index (κ2) is 8.07. The molecule has 1 aliphatic rings. The van der Waals surface area contributed by atoms with Gasteiger partial charge in [-0.2, -0.15) is 0 Å². The predicted molar refractivity (Wildman–Crippen MR) is 103 cm³/mol. The van der Waals surface area contributed by atoms with Gasteiger partial charge in [0, 0.05) is 5.30 Å². The van der Waals surface area contributed by atoms with E-state index in [2.05, 4.69) is 5.32 Å². The van der Waals surface area contributed by atoms with Crippen molar-refractivity contribution in [3.05, 3.63) is 65.7 Å². The summed E-state index contributed by atoms with van der Waals surface area (Å²) in [4.78, 5) is 12.1. The van der Waals surface area contributed by atoms with Gasteiger partial charge in [-0.3, -0.25) is 0 Å². The van der Waals surface area contributed by atoms with Gasteiger partial charge in [-0.25, -0.2) is 4.79 Å². The van der Waals surface area contributed by atoms with E-state index in [0.29, 0.717) is 13.0 Å². The van der Waals surface area contributed by atoms with Crippen molar-refractivity contribution in [2.75, 3.05) is 19.9 Å². The highest BCUT2D eigenvalue weighted by atomic mass is 31.2. The van der Waals surface area contributed by atoms with E-state index in [-0.39, 0.29) is 18.8 Å². The standard InChI is InChI=1S/C20H24NO4P/c1-26(2,23)17-10-8-15(9-11-17)12-18(19-14-24-19)21-20(22)25-13-16-6-4-3-5-7-16/h3-11,18-19H,12-14H2,1-2H3,(H,21,22)/t18-,19+/m0/s1. The molecule has 0 spiro atoms. The van der Waals surface area contributed by atoms with Crippen molar-refractivity contribution in [1.82, 2.24) is 5.32 Å². The van der Waals surface area contributed by atoms with E-state index in [1.54, 1.807) is 13.3 Å². The van der Waals surface area contributed by atoms with E-state index in [9.17, 15) is 9.36 Å². The zero-order valence-electron chi connectivity index (χ0n) is 15.1. The second-order valence-electron chi connectivity index (χ2n) is 6.91. The number of alkyl carbamates (subject to hydrolysis) is 1. The molecule has 2 aromatic carbocycles. The molecule has 2 atom stereocenters. The number of hydrogen-bond acceptors (Lipinski definition) is 4. The molecular formula is C20H24NO4P. The molecular weight excluding hydrogens is 349 g/mol. The lowest BCUT2D eigenvalue weighted by atomic mass is 10.0. The van der Waals surface area contributed by atoms with E-state index in [1.165, 1.54) is 0 Å². The topological polar surface area (TPSA) is 67.9 Å². The quantitative estimate of drug-likeness (QED) is 0.598. The first kappa shape index (κ1) is 18.7. The molecule has 1 saturated heterocycles. The van der Waals surface area contributed by atoms with Crippen molar-refractivity contribution < 1.29 is 18.8 Å². The SMILES string of the molecule is CP(C)(=O)c1ccc(C[C@H](NC(=O)OCc2ccccc2)[C@H]2CO2)cc1. The summed E-state index contributed by atoms with van der Waals surface area (Å²) in [6.07, 6.45) is 0.211. The van der Waals surface area contributed by atoms with Crippen molar-refractivity contribution in [3.63, 3.8) is 0 Å². The summed E-state index contributed by atoms with van der Waals surface area (Å²) in [6, 6.07) is 17.1. The van der Waals surface area contributed by atoms with Gasteiger partial charge in [0.25, 0.3) is 0 Å². The number of rotatable bonds is 7. The maximum absolute atomic E-state index is 12.1. The molecule has 0 bridgehead atoms. The summed E-state index contributed by atoms with van der Waals surface area (Å²) in [5.41, 5.74) is 2.01. The van der Waals surface area contributed by atoms with Crippen molar-refractivity contribution in [1.29, 1.82) is 0 Å². The fraction of sp³-hybridized carbons (Fsp3) is 0.350. The average molecular weight is 373 g/mol. The molecule has 1 amide bonds. The van der Waals surface area contributed by atoms with Crippen LogP contribution >= 0.6 is 7.14 Å². The molecule has 6 heteroatoms. The fourth-order valence-electron chi connectivity index (χ4n) is 2.72. The van der Waals surface area contributed by atoms with Crippen LogP contribution in [0.5, 0.6) is 0 Å². The van der Waals surface area contributed by atoms with Crippen LogP contribution in [0.3, 0.4) is 0 Å². The Balaban J connectivity index is 1.56. The van der Waals surface area contributed by atoms with E-state index < -0.39 is 13.2 Å². The molecule has 5 nitrogen and oxygen atoms in total. The molecule has 0 radical (unpaired) electrons. The van der Waals surface area contributed by atoms with Gasteiger partial charge in [-0.15, -0.1) is 0 Å². The van der Waals surface area contributed by atoms with E-state index in [0.717, 1.165) is 16.4 Å². The van der Waals surface area contributed by atoms with E-state index in [1.807, 2.05) is 54.6 Å². The van der Waals surface area contributed by atoms with Crippen molar-refractivity contribution in [3.8, 4) is 0 Å². The summed E-state index contributed by atoms with van der Waals surface area (Å²) >= 11 is 0. The highest BCUT2D eigenvalue weighted by Crippen LogP contribution is 2.34. The lowest BCUT2D eigenvalue weighted by Gasteiger charge is -2.17. The monoisotopic (exact) mass is 373 g/mol. The third-order valence-corrected chi connectivity index (χ3v) is 5.88. The van der Waals surface area contributed by atoms with Gasteiger partial charge in [0.15, 0.2) is 0 Å². The number of carbonyl (C=O) groups is 1. The van der Waals surface area contributed by atoms with E-state index >= 15 is 0 Å². The summed E-state index contributed by atoms with van der Waals surface area (Å²) in [5.74, 6) is 0. The van der Waals surface area contributed by atoms with Crippen LogP contribution in [0.1, 0.15) is 11.1 Å². The third kappa shape index (κ3) is 5.45. The van der Waals surface area contributed by atoms with Crippen molar-refractivity contribution in [2.45, 2.75) is 25.2 Å². The Morgan fingerprint density at radius 2 is 1.81 bits per heavy atom. The molecule has 0 aromatic heterocycles.